The van der Waals surface area contributed by atoms with E-state index in [0.29, 0.717) is 17.9 Å². The lowest BCUT2D eigenvalue weighted by Crippen LogP contribution is -2.23. The Morgan fingerprint density at radius 2 is 2.19 bits per heavy atom. The number of hydrogen-bond donors (Lipinski definition) is 1. The van der Waals surface area contributed by atoms with Crippen molar-refractivity contribution in [3.8, 4) is 0 Å². The summed E-state index contributed by atoms with van der Waals surface area (Å²) in [4.78, 5) is 4.09. The molecule has 2 aromatic rings. The Bertz CT molecular complexity index is 616. The van der Waals surface area contributed by atoms with Crippen molar-refractivity contribution in [2.75, 3.05) is 6.54 Å². The van der Waals surface area contributed by atoms with E-state index in [0.717, 1.165) is 0 Å². The number of nitrogens with one attached hydrogen (secondary N) is 1. The third-order valence-corrected chi connectivity index (χ3v) is 3.76. The molecule has 0 radical (unpaired) electrons. The van der Waals surface area contributed by atoms with Crippen LogP contribution >= 0.6 is 0 Å². The van der Waals surface area contributed by atoms with Crippen molar-refractivity contribution in [3.63, 3.8) is 0 Å². The van der Waals surface area contributed by atoms with E-state index in [1.165, 1.54) is 0 Å². The van der Waals surface area contributed by atoms with Gasteiger partial charge in [-0.05, 0) is 19.1 Å². The van der Waals surface area contributed by atoms with Crippen LogP contribution in [0.15, 0.2) is 29.4 Å². The van der Waals surface area contributed by atoms with Crippen LogP contribution in [0.2, 0.25) is 0 Å². The molecule has 0 saturated heterocycles. The third kappa shape index (κ3) is 1.70. The van der Waals surface area contributed by atoms with Gasteiger partial charge in [0.2, 0.25) is 0 Å². The van der Waals surface area contributed by atoms with Crippen molar-refractivity contribution in [2.45, 2.75) is 18.9 Å². The summed E-state index contributed by atoms with van der Waals surface area (Å²) < 4.78 is 27.9. The van der Waals surface area contributed by atoms with Crippen LogP contribution in [0.1, 0.15) is 12.7 Å². The molecule has 0 spiro atoms. The SMILES string of the molecule is CCNS(=O)(=O)c1nc(C)n2ccccc12. The van der Waals surface area contributed by atoms with Gasteiger partial charge in [0.15, 0.2) is 5.03 Å². The number of hydrogen-bond acceptors (Lipinski definition) is 3. The molecule has 0 aromatic carbocycles. The van der Waals surface area contributed by atoms with Gasteiger partial charge in [-0.15, -0.1) is 0 Å². The van der Waals surface area contributed by atoms with Crippen molar-refractivity contribution in [3.05, 3.63) is 30.2 Å². The molecule has 0 fully saturated rings. The summed E-state index contributed by atoms with van der Waals surface area (Å²) in [7, 11) is -3.50. The number of imidazole rings is 1. The van der Waals surface area contributed by atoms with E-state index in [4.69, 9.17) is 0 Å². The summed E-state index contributed by atoms with van der Waals surface area (Å²) >= 11 is 0. The standard InChI is InChI=1S/C10H13N3O2S/c1-3-11-16(14,15)10-9-6-4-5-7-13(9)8(2)12-10/h4-7,11H,3H2,1-2H3. The average Bonchev–Trinajstić information content (AvgIpc) is 2.58. The van der Waals surface area contributed by atoms with Crippen LogP contribution in [0.4, 0.5) is 0 Å². The maximum absolute atomic E-state index is 11.9. The van der Waals surface area contributed by atoms with Crippen molar-refractivity contribution in [2.24, 2.45) is 0 Å². The van der Waals surface area contributed by atoms with Gasteiger partial charge in [-0.2, -0.15) is 0 Å². The van der Waals surface area contributed by atoms with Crippen molar-refractivity contribution in [1.29, 1.82) is 0 Å². The fourth-order valence-electron chi connectivity index (χ4n) is 1.61. The lowest BCUT2D eigenvalue weighted by Gasteiger charge is -2.01. The van der Waals surface area contributed by atoms with E-state index in [2.05, 4.69) is 9.71 Å². The van der Waals surface area contributed by atoms with Crippen LogP contribution in [-0.4, -0.2) is 24.3 Å². The van der Waals surface area contributed by atoms with E-state index in [-0.39, 0.29) is 5.03 Å². The fourth-order valence-corrected chi connectivity index (χ4v) is 2.82. The molecule has 0 amide bonds. The normalized spacial score (nSPS) is 12.1. The van der Waals surface area contributed by atoms with E-state index in [1.54, 1.807) is 36.6 Å². The van der Waals surface area contributed by atoms with Gasteiger partial charge in [0.05, 0.1) is 5.52 Å². The van der Waals surface area contributed by atoms with Gasteiger partial charge in [0.25, 0.3) is 10.0 Å². The molecule has 2 rings (SSSR count). The predicted molar refractivity (Wildman–Crippen MR) is 60.8 cm³/mol. The molecule has 0 saturated carbocycles. The third-order valence-electron chi connectivity index (χ3n) is 2.28. The molecule has 86 valence electrons. The van der Waals surface area contributed by atoms with Gasteiger partial charge in [-0.25, -0.2) is 18.1 Å². The van der Waals surface area contributed by atoms with Crippen LogP contribution in [0, 0.1) is 6.92 Å². The molecule has 0 atom stereocenters. The molecule has 0 aliphatic carbocycles. The van der Waals surface area contributed by atoms with Gasteiger partial charge < -0.3 is 4.40 Å². The Balaban J connectivity index is 2.71. The van der Waals surface area contributed by atoms with E-state index < -0.39 is 10.0 Å². The van der Waals surface area contributed by atoms with Crippen LogP contribution < -0.4 is 4.72 Å². The van der Waals surface area contributed by atoms with Crippen molar-refractivity contribution in [1.82, 2.24) is 14.1 Å². The smallest absolute Gasteiger partial charge is 0.260 e. The Hall–Kier alpha value is -1.40. The zero-order valence-electron chi connectivity index (χ0n) is 9.14. The van der Waals surface area contributed by atoms with Gasteiger partial charge in [-0.1, -0.05) is 13.0 Å². The Morgan fingerprint density at radius 1 is 1.44 bits per heavy atom. The highest BCUT2D eigenvalue weighted by atomic mass is 32.2. The van der Waals surface area contributed by atoms with Gasteiger partial charge in [0, 0.05) is 12.7 Å². The van der Waals surface area contributed by atoms with Gasteiger partial charge in [0.1, 0.15) is 5.82 Å². The molecule has 6 heteroatoms. The summed E-state index contributed by atoms with van der Waals surface area (Å²) in [5.74, 6) is 0.659. The van der Waals surface area contributed by atoms with E-state index >= 15 is 0 Å². The Morgan fingerprint density at radius 3 is 2.88 bits per heavy atom. The zero-order valence-corrected chi connectivity index (χ0v) is 9.95. The Labute approximate surface area is 94.2 Å². The van der Waals surface area contributed by atoms with E-state index in [9.17, 15) is 8.42 Å². The first-order chi connectivity index (χ1) is 7.56. The highest BCUT2D eigenvalue weighted by Gasteiger charge is 2.20. The number of fused-ring (bicyclic) bond motifs is 1. The quantitative estimate of drug-likeness (QED) is 0.867. The number of aromatic nitrogens is 2. The van der Waals surface area contributed by atoms with Crippen LogP contribution in [0.3, 0.4) is 0 Å². The first-order valence-corrected chi connectivity index (χ1v) is 6.48. The number of nitrogens with zero attached hydrogens (tertiary/aromatic N) is 2. The van der Waals surface area contributed by atoms with Crippen molar-refractivity contribution >= 4 is 15.5 Å². The largest absolute Gasteiger partial charge is 0.303 e. The second kappa shape index (κ2) is 3.88. The lowest BCUT2D eigenvalue weighted by atomic mass is 10.4. The van der Waals surface area contributed by atoms with Crippen molar-refractivity contribution < 1.29 is 8.42 Å². The first kappa shape index (κ1) is 11.1. The highest BCUT2D eigenvalue weighted by molar-refractivity contribution is 7.89. The number of rotatable bonds is 3. The minimum atomic E-state index is -3.50. The summed E-state index contributed by atoms with van der Waals surface area (Å²) in [6.07, 6.45) is 1.79. The molecule has 0 aliphatic heterocycles. The molecule has 0 bridgehead atoms. The summed E-state index contributed by atoms with van der Waals surface area (Å²) in [5, 5.41) is 0.0902. The number of aryl methyl sites for hydroxylation is 1. The van der Waals surface area contributed by atoms with Crippen LogP contribution in [-0.2, 0) is 10.0 Å². The summed E-state index contributed by atoms with van der Waals surface area (Å²) in [6.45, 7) is 3.87. The number of sulfonamides is 1. The van der Waals surface area contributed by atoms with Gasteiger partial charge in [-0.3, -0.25) is 0 Å². The number of pyridine rings is 1. The first-order valence-electron chi connectivity index (χ1n) is 4.99. The lowest BCUT2D eigenvalue weighted by molar-refractivity contribution is 0.581. The minimum absolute atomic E-state index is 0.0902. The topological polar surface area (TPSA) is 63.5 Å². The highest BCUT2D eigenvalue weighted by Crippen LogP contribution is 2.17. The summed E-state index contributed by atoms with van der Waals surface area (Å²) in [6, 6.07) is 5.37. The zero-order chi connectivity index (χ0) is 11.8. The van der Waals surface area contributed by atoms with Crippen LogP contribution in [0.5, 0.6) is 0 Å². The van der Waals surface area contributed by atoms with Gasteiger partial charge >= 0.3 is 0 Å². The second-order valence-corrected chi connectivity index (χ2v) is 5.10. The molecule has 0 aliphatic rings. The summed E-state index contributed by atoms with van der Waals surface area (Å²) in [5.41, 5.74) is 0.598. The monoisotopic (exact) mass is 239 g/mol. The maximum Gasteiger partial charge on any atom is 0.260 e. The molecule has 2 heterocycles. The molecule has 1 N–H and O–H groups in total. The molecule has 16 heavy (non-hydrogen) atoms. The minimum Gasteiger partial charge on any atom is -0.303 e. The fraction of sp³-hybridized carbons (Fsp3) is 0.300. The van der Waals surface area contributed by atoms with E-state index in [1.807, 2.05) is 6.07 Å². The molecule has 5 nitrogen and oxygen atoms in total. The molecule has 2 aromatic heterocycles. The second-order valence-electron chi connectivity index (χ2n) is 3.42. The average molecular weight is 239 g/mol. The maximum atomic E-state index is 11.9. The molecular weight excluding hydrogens is 226 g/mol. The van der Waals surface area contributed by atoms with Crippen LogP contribution in [0.25, 0.3) is 5.52 Å². The Kier molecular flexibility index (Phi) is 2.69. The molecule has 0 unspecified atom stereocenters. The predicted octanol–water partition coefficient (Wildman–Crippen LogP) is 0.941. The molecular formula is C10H13N3O2S.